The van der Waals surface area contributed by atoms with E-state index in [9.17, 15) is 0 Å². The summed E-state index contributed by atoms with van der Waals surface area (Å²) < 4.78 is 0. The van der Waals surface area contributed by atoms with E-state index in [-0.39, 0.29) is 0 Å². The van der Waals surface area contributed by atoms with Crippen LogP contribution < -0.4 is 0 Å². The molecule has 68 valence electrons. The molecular formula is C10H17ClSi. The SMILES string of the molecule is C[Si](C)(Cl)CCCC1C=CC=C1. The second kappa shape index (κ2) is 4.29. The van der Waals surface area contributed by atoms with Gasteiger partial charge in [0.2, 0.25) is 0 Å². The van der Waals surface area contributed by atoms with Gasteiger partial charge in [0.25, 0.3) is 0 Å². The molecule has 0 aromatic carbocycles. The summed E-state index contributed by atoms with van der Waals surface area (Å²) in [4.78, 5) is 0. The van der Waals surface area contributed by atoms with E-state index in [0.717, 1.165) is 0 Å². The highest BCUT2D eigenvalue weighted by Gasteiger charge is 2.16. The zero-order chi connectivity index (χ0) is 9.03. The van der Waals surface area contributed by atoms with E-state index in [4.69, 9.17) is 11.1 Å². The molecule has 0 heterocycles. The summed E-state index contributed by atoms with van der Waals surface area (Å²) in [6.45, 7) is 4.43. The molecule has 0 nitrogen and oxygen atoms in total. The maximum absolute atomic E-state index is 6.22. The standard InChI is InChI=1S/C10H17ClSi/c1-12(2,11)9-5-8-10-6-3-4-7-10/h3-4,6-7,10H,5,8-9H2,1-2H3. The minimum Gasteiger partial charge on any atom is -0.168 e. The summed E-state index contributed by atoms with van der Waals surface area (Å²) >= 11 is 6.22. The van der Waals surface area contributed by atoms with Crippen molar-refractivity contribution in [1.82, 2.24) is 0 Å². The third kappa shape index (κ3) is 4.12. The third-order valence-electron chi connectivity index (χ3n) is 2.14. The Morgan fingerprint density at radius 2 is 1.83 bits per heavy atom. The molecule has 1 aliphatic rings. The molecule has 12 heavy (non-hydrogen) atoms. The molecule has 0 aromatic heterocycles. The molecule has 0 saturated heterocycles. The maximum atomic E-state index is 6.22. The van der Waals surface area contributed by atoms with Gasteiger partial charge in [-0.05, 0) is 18.4 Å². The van der Waals surface area contributed by atoms with Crippen molar-refractivity contribution in [3.63, 3.8) is 0 Å². The number of halogens is 1. The van der Waals surface area contributed by atoms with E-state index in [1.54, 1.807) is 0 Å². The van der Waals surface area contributed by atoms with Crippen molar-refractivity contribution >= 4 is 18.5 Å². The minimum atomic E-state index is -1.31. The normalized spacial score (nSPS) is 17.6. The van der Waals surface area contributed by atoms with Crippen LogP contribution in [-0.2, 0) is 0 Å². The Hall–Kier alpha value is -0.0131. The molecule has 0 aromatic rings. The fraction of sp³-hybridized carbons (Fsp3) is 0.600. The molecule has 0 spiro atoms. The molecular weight excluding hydrogens is 184 g/mol. The van der Waals surface area contributed by atoms with Crippen LogP contribution in [0, 0.1) is 5.92 Å². The third-order valence-corrected chi connectivity index (χ3v) is 4.25. The van der Waals surface area contributed by atoms with E-state index in [1.807, 2.05) is 0 Å². The second-order valence-corrected chi connectivity index (χ2v) is 11.1. The molecule has 0 amide bonds. The van der Waals surface area contributed by atoms with Crippen molar-refractivity contribution < 1.29 is 0 Å². The molecule has 0 bridgehead atoms. The van der Waals surface area contributed by atoms with Crippen molar-refractivity contribution in [2.24, 2.45) is 5.92 Å². The van der Waals surface area contributed by atoms with Crippen LogP contribution in [0.3, 0.4) is 0 Å². The van der Waals surface area contributed by atoms with E-state index in [0.29, 0.717) is 5.92 Å². The van der Waals surface area contributed by atoms with Gasteiger partial charge in [-0.1, -0.05) is 43.8 Å². The quantitative estimate of drug-likeness (QED) is 0.476. The molecule has 0 radical (unpaired) electrons. The topological polar surface area (TPSA) is 0 Å². The van der Waals surface area contributed by atoms with Crippen LogP contribution in [0.2, 0.25) is 19.1 Å². The first kappa shape index (κ1) is 10.1. The largest absolute Gasteiger partial charge is 0.168 e. The lowest BCUT2D eigenvalue weighted by atomic mass is 10.1. The summed E-state index contributed by atoms with van der Waals surface area (Å²) in [5.74, 6) is 0.693. The summed E-state index contributed by atoms with van der Waals surface area (Å²) in [6.07, 6.45) is 11.4. The van der Waals surface area contributed by atoms with Crippen molar-refractivity contribution in [3.05, 3.63) is 24.3 Å². The van der Waals surface area contributed by atoms with Crippen molar-refractivity contribution in [2.75, 3.05) is 0 Å². The van der Waals surface area contributed by atoms with Crippen LogP contribution in [0.25, 0.3) is 0 Å². The average Bonchev–Trinajstić information content (AvgIpc) is 2.36. The molecule has 0 N–H and O–H groups in total. The Morgan fingerprint density at radius 1 is 1.25 bits per heavy atom. The lowest BCUT2D eigenvalue weighted by Gasteiger charge is -2.13. The second-order valence-electron chi connectivity index (χ2n) is 4.04. The van der Waals surface area contributed by atoms with Crippen LogP contribution in [0.4, 0.5) is 0 Å². The first-order valence-corrected chi connectivity index (χ1v) is 8.84. The summed E-state index contributed by atoms with van der Waals surface area (Å²) in [5, 5.41) is 0. The first-order chi connectivity index (χ1) is 5.58. The van der Waals surface area contributed by atoms with Crippen LogP contribution >= 0.6 is 11.1 Å². The Bertz CT molecular complexity index is 177. The zero-order valence-electron chi connectivity index (χ0n) is 7.89. The van der Waals surface area contributed by atoms with Crippen molar-refractivity contribution in [2.45, 2.75) is 32.0 Å². The fourth-order valence-electron chi connectivity index (χ4n) is 1.43. The molecule has 0 atom stereocenters. The number of hydrogen-bond donors (Lipinski definition) is 0. The van der Waals surface area contributed by atoms with Crippen molar-refractivity contribution in [3.8, 4) is 0 Å². The van der Waals surface area contributed by atoms with Gasteiger partial charge in [0.15, 0.2) is 0 Å². The van der Waals surface area contributed by atoms with Gasteiger partial charge in [-0.2, -0.15) is 11.1 Å². The number of hydrogen-bond acceptors (Lipinski definition) is 0. The fourth-order valence-corrected chi connectivity index (χ4v) is 2.87. The van der Waals surface area contributed by atoms with E-state index in [2.05, 4.69) is 37.4 Å². The van der Waals surface area contributed by atoms with E-state index in [1.165, 1.54) is 18.9 Å². The van der Waals surface area contributed by atoms with Gasteiger partial charge < -0.3 is 0 Å². The van der Waals surface area contributed by atoms with E-state index >= 15 is 0 Å². The lowest BCUT2D eigenvalue weighted by molar-refractivity contribution is 0.693. The summed E-state index contributed by atoms with van der Waals surface area (Å²) in [7, 11) is -1.31. The van der Waals surface area contributed by atoms with Crippen LogP contribution in [0.5, 0.6) is 0 Å². The molecule has 1 aliphatic carbocycles. The Balaban J connectivity index is 2.10. The van der Waals surface area contributed by atoms with Crippen LogP contribution in [0.15, 0.2) is 24.3 Å². The van der Waals surface area contributed by atoms with Gasteiger partial charge in [0.05, 0.1) is 0 Å². The molecule has 0 fully saturated rings. The van der Waals surface area contributed by atoms with Crippen LogP contribution in [0.1, 0.15) is 12.8 Å². The number of rotatable bonds is 4. The monoisotopic (exact) mass is 200 g/mol. The number of allylic oxidation sites excluding steroid dienone is 4. The predicted molar refractivity (Wildman–Crippen MR) is 59.1 cm³/mol. The van der Waals surface area contributed by atoms with Crippen molar-refractivity contribution in [1.29, 1.82) is 0 Å². The maximum Gasteiger partial charge on any atom is 0.150 e. The average molecular weight is 201 g/mol. The minimum absolute atomic E-state index is 0.693. The van der Waals surface area contributed by atoms with Gasteiger partial charge in [0, 0.05) is 0 Å². The van der Waals surface area contributed by atoms with E-state index < -0.39 is 7.38 Å². The highest BCUT2D eigenvalue weighted by molar-refractivity contribution is 7.19. The predicted octanol–water partition coefficient (Wildman–Crippen LogP) is 3.95. The summed E-state index contributed by atoms with van der Waals surface area (Å²) in [6, 6.07) is 1.24. The highest BCUT2D eigenvalue weighted by Crippen LogP contribution is 2.22. The van der Waals surface area contributed by atoms with Gasteiger partial charge in [-0.15, -0.1) is 0 Å². The molecule has 0 aliphatic heterocycles. The Labute approximate surface area is 81.0 Å². The summed E-state index contributed by atoms with van der Waals surface area (Å²) in [5.41, 5.74) is 0. The highest BCUT2D eigenvalue weighted by atomic mass is 35.6. The molecule has 2 heteroatoms. The zero-order valence-corrected chi connectivity index (χ0v) is 9.64. The molecule has 0 unspecified atom stereocenters. The Kier molecular flexibility index (Phi) is 3.60. The Morgan fingerprint density at radius 3 is 2.33 bits per heavy atom. The van der Waals surface area contributed by atoms with Gasteiger partial charge in [-0.3, -0.25) is 0 Å². The first-order valence-electron chi connectivity index (χ1n) is 4.62. The molecule has 0 saturated carbocycles. The van der Waals surface area contributed by atoms with Crippen LogP contribution in [-0.4, -0.2) is 7.38 Å². The van der Waals surface area contributed by atoms with Gasteiger partial charge >= 0.3 is 0 Å². The molecule has 1 rings (SSSR count). The lowest BCUT2D eigenvalue weighted by Crippen LogP contribution is -2.15. The van der Waals surface area contributed by atoms with Gasteiger partial charge in [0.1, 0.15) is 7.38 Å². The van der Waals surface area contributed by atoms with Gasteiger partial charge in [-0.25, -0.2) is 0 Å². The smallest absolute Gasteiger partial charge is 0.150 e.